The first-order valence-electron chi connectivity index (χ1n) is 10.6. The van der Waals surface area contributed by atoms with Crippen LogP contribution >= 0.6 is 12.6 Å². The van der Waals surface area contributed by atoms with E-state index in [1.165, 1.54) is 0 Å². The second-order valence-electron chi connectivity index (χ2n) is 7.97. The van der Waals surface area contributed by atoms with Gasteiger partial charge in [-0.3, -0.25) is 19.4 Å². The van der Waals surface area contributed by atoms with Crippen LogP contribution in [0.5, 0.6) is 0 Å². The molecule has 3 amide bonds. The van der Waals surface area contributed by atoms with Crippen LogP contribution in [0.2, 0.25) is 0 Å². The van der Waals surface area contributed by atoms with Crippen molar-refractivity contribution in [2.24, 2.45) is 22.4 Å². The maximum Gasteiger partial charge on any atom is 0.326 e. The van der Waals surface area contributed by atoms with Gasteiger partial charge in [0.2, 0.25) is 17.7 Å². The summed E-state index contributed by atoms with van der Waals surface area (Å²) in [6.45, 7) is 4.28. The number of carbonyl (C=O) groups excluding carboxylic acids is 3. The van der Waals surface area contributed by atoms with Crippen molar-refractivity contribution in [3.63, 3.8) is 0 Å². The van der Waals surface area contributed by atoms with E-state index in [2.05, 4.69) is 38.9 Å². The van der Waals surface area contributed by atoms with Crippen LogP contribution < -0.4 is 32.7 Å². The molecule has 0 aromatic heterocycles. The Balaban J connectivity index is 2.85. The maximum atomic E-state index is 12.8. The Morgan fingerprint density at radius 3 is 2.28 bits per heavy atom. The van der Waals surface area contributed by atoms with Crippen LogP contribution in [0.15, 0.2) is 4.99 Å². The molecule has 1 saturated heterocycles. The molecule has 1 rings (SSSR count). The zero-order valence-electron chi connectivity index (χ0n) is 18.5. The van der Waals surface area contributed by atoms with Crippen LogP contribution in [0.25, 0.3) is 0 Å². The Morgan fingerprint density at radius 2 is 1.78 bits per heavy atom. The molecule has 4 unspecified atom stereocenters. The molecule has 1 fully saturated rings. The molecule has 1 aliphatic heterocycles. The lowest BCUT2D eigenvalue weighted by atomic mass is 10.0. The molecule has 0 aromatic rings. The van der Waals surface area contributed by atoms with Crippen molar-refractivity contribution in [1.82, 2.24) is 21.3 Å². The van der Waals surface area contributed by atoms with Crippen LogP contribution in [0, 0.1) is 5.92 Å². The highest BCUT2D eigenvalue weighted by Gasteiger charge is 2.31. The largest absolute Gasteiger partial charge is 0.480 e. The number of carboxylic acids is 1. The first kappa shape index (κ1) is 27.5. The van der Waals surface area contributed by atoms with E-state index in [9.17, 15) is 24.3 Å². The summed E-state index contributed by atoms with van der Waals surface area (Å²) in [6, 6.07) is -3.48. The van der Waals surface area contributed by atoms with Crippen molar-refractivity contribution in [2.45, 2.75) is 63.7 Å². The lowest BCUT2D eigenvalue weighted by molar-refractivity contribution is -0.143. The lowest BCUT2D eigenvalue weighted by Crippen LogP contribution is -2.58. The van der Waals surface area contributed by atoms with Gasteiger partial charge < -0.3 is 37.8 Å². The molecule has 1 aliphatic rings. The summed E-state index contributed by atoms with van der Waals surface area (Å²) in [4.78, 5) is 53.2. The predicted octanol–water partition coefficient (Wildman–Crippen LogP) is -2.08. The summed E-state index contributed by atoms with van der Waals surface area (Å²) < 4.78 is 0. The summed E-state index contributed by atoms with van der Waals surface area (Å²) in [6.07, 6.45) is 2.07. The van der Waals surface area contributed by atoms with Gasteiger partial charge in [-0.2, -0.15) is 12.6 Å². The number of aliphatic imine (C=N–C) groups is 1. The normalized spacial score (nSPS) is 18.3. The van der Waals surface area contributed by atoms with E-state index < -0.39 is 35.9 Å². The van der Waals surface area contributed by atoms with Crippen LogP contribution in [0.1, 0.15) is 39.5 Å². The van der Waals surface area contributed by atoms with Crippen LogP contribution in [-0.2, 0) is 19.2 Å². The van der Waals surface area contributed by atoms with Gasteiger partial charge in [-0.05, 0) is 38.1 Å². The molecule has 32 heavy (non-hydrogen) atoms. The number of carboxylic acid groups (broad SMARTS) is 1. The number of nitrogens with one attached hydrogen (secondary N) is 4. The first-order valence-corrected chi connectivity index (χ1v) is 11.2. The third kappa shape index (κ3) is 9.30. The van der Waals surface area contributed by atoms with E-state index in [0.29, 0.717) is 12.8 Å². The first-order chi connectivity index (χ1) is 15.1. The summed E-state index contributed by atoms with van der Waals surface area (Å²) in [5.74, 6) is -3.16. The molecule has 0 spiro atoms. The fourth-order valence-corrected chi connectivity index (χ4v) is 3.44. The van der Waals surface area contributed by atoms with Gasteiger partial charge in [0.25, 0.3) is 0 Å². The van der Waals surface area contributed by atoms with Crippen molar-refractivity contribution in [2.75, 3.05) is 18.8 Å². The molecule has 0 bridgehead atoms. The summed E-state index contributed by atoms with van der Waals surface area (Å²) in [5.41, 5.74) is 10.6. The van der Waals surface area contributed by atoms with Gasteiger partial charge in [0.15, 0.2) is 5.96 Å². The minimum atomic E-state index is -1.18. The smallest absolute Gasteiger partial charge is 0.326 e. The summed E-state index contributed by atoms with van der Waals surface area (Å²) in [7, 11) is 0. The van der Waals surface area contributed by atoms with Gasteiger partial charge >= 0.3 is 5.97 Å². The molecule has 13 heteroatoms. The third-order valence-electron chi connectivity index (χ3n) is 5.00. The quantitative estimate of drug-likeness (QED) is 0.0644. The van der Waals surface area contributed by atoms with Gasteiger partial charge in [0.1, 0.15) is 18.1 Å². The highest BCUT2D eigenvalue weighted by molar-refractivity contribution is 7.80. The number of aliphatic carboxylic acids is 1. The standard InChI is InChI=1S/C19H35N7O5S/c1-10(2)14(18(30)31)26-16(28)12(6-4-8-23-19(20)21)24-17(29)13(9-32)25-15(27)11-5-3-7-22-11/h10-14,22,32H,3-9H2,1-2H3,(H,24,29)(H,25,27)(H,26,28)(H,30,31)(H4,20,21,23). The molecule has 0 aromatic carbocycles. The number of hydrogen-bond donors (Lipinski definition) is 8. The molecule has 9 N–H and O–H groups in total. The number of carbonyl (C=O) groups is 4. The average Bonchev–Trinajstić information content (AvgIpc) is 3.26. The van der Waals surface area contributed by atoms with Crippen molar-refractivity contribution >= 4 is 42.3 Å². The Hall–Kier alpha value is -2.54. The van der Waals surface area contributed by atoms with Crippen molar-refractivity contribution in [1.29, 1.82) is 0 Å². The average molecular weight is 474 g/mol. The fraction of sp³-hybridized carbons (Fsp3) is 0.737. The van der Waals surface area contributed by atoms with E-state index in [-0.39, 0.29) is 42.5 Å². The second kappa shape index (κ2) is 13.8. The van der Waals surface area contributed by atoms with Crippen molar-refractivity contribution in [3.05, 3.63) is 0 Å². The Morgan fingerprint density at radius 1 is 1.12 bits per heavy atom. The number of nitrogens with two attached hydrogens (primary N) is 2. The monoisotopic (exact) mass is 473 g/mol. The molecule has 4 atom stereocenters. The van der Waals surface area contributed by atoms with Crippen LogP contribution in [-0.4, -0.2) is 77.8 Å². The number of thiol groups is 1. The SMILES string of the molecule is CC(C)C(NC(=O)C(CCCN=C(N)N)NC(=O)C(CS)NC(=O)C1CCCN1)C(=O)O. The summed E-state index contributed by atoms with van der Waals surface area (Å²) in [5, 5.41) is 20.1. The van der Waals surface area contributed by atoms with Gasteiger partial charge in [0.05, 0.1) is 6.04 Å². The van der Waals surface area contributed by atoms with Crippen molar-refractivity contribution < 1.29 is 24.3 Å². The zero-order chi connectivity index (χ0) is 24.3. The van der Waals surface area contributed by atoms with Gasteiger partial charge in [-0.1, -0.05) is 13.8 Å². The Labute approximate surface area is 193 Å². The highest BCUT2D eigenvalue weighted by Crippen LogP contribution is 2.07. The van der Waals surface area contributed by atoms with E-state index in [1.54, 1.807) is 13.8 Å². The molecule has 1 heterocycles. The number of amides is 3. The highest BCUT2D eigenvalue weighted by atomic mass is 32.1. The molecular formula is C19H35N7O5S. The zero-order valence-corrected chi connectivity index (χ0v) is 19.4. The molecule has 0 aliphatic carbocycles. The molecule has 12 nitrogen and oxygen atoms in total. The number of rotatable bonds is 13. The van der Waals surface area contributed by atoms with Crippen molar-refractivity contribution in [3.8, 4) is 0 Å². The second-order valence-corrected chi connectivity index (χ2v) is 8.34. The maximum absolute atomic E-state index is 12.8. The minimum absolute atomic E-state index is 0.0242. The lowest BCUT2D eigenvalue weighted by Gasteiger charge is -2.25. The van der Waals surface area contributed by atoms with E-state index in [1.807, 2.05) is 0 Å². The van der Waals surface area contributed by atoms with Gasteiger partial charge in [-0.15, -0.1) is 0 Å². The Bertz CT molecular complexity index is 694. The van der Waals surface area contributed by atoms with Crippen LogP contribution in [0.3, 0.4) is 0 Å². The van der Waals surface area contributed by atoms with Gasteiger partial charge in [0, 0.05) is 12.3 Å². The van der Waals surface area contributed by atoms with Crippen LogP contribution in [0.4, 0.5) is 0 Å². The molecule has 0 saturated carbocycles. The fourth-order valence-electron chi connectivity index (χ4n) is 3.19. The molecule has 182 valence electrons. The number of nitrogens with zero attached hydrogens (tertiary/aromatic N) is 1. The number of hydrogen-bond acceptors (Lipinski definition) is 7. The summed E-state index contributed by atoms with van der Waals surface area (Å²) >= 11 is 4.14. The predicted molar refractivity (Wildman–Crippen MR) is 123 cm³/mol. The van der Waals surface area contributed by atoms with E-state index in [4.69, 9.17) is 11.5 Å². The van der Waals surface area contributed by atoms with E-state index in [0.717, 1.165) is 13.0 Å². The molecular weight excluding hydrogens is 438 g/mol. The number of guanidine groups is 1. The third-order valence-corrected chi connectivity index (χ3v) is 5.37. The minimum Gasteiger partial charge on any atom is -0.480 e. The molecule has 0 radical (unpaired) electrons. The topological polar surface area (TPSA) is 201 Å². The van der Waals surface area contributed by atoms with E-state index >= 15 is 0 Å². The van der Waals surface area contributed by atoms with Gasteiger partial charge in [-0.25, -0.2) is 4.79 Å². The Kier molecular flexibility index (Phi) is 11.8.